The molecular weight excluding hydrogens is 188 g/mol. The van der Waals surface area contributed by atoms with Crippen LogP contribution in [0.25, 0.3) is 0 Å². The standard InChI is InChI=1S/C12H24N2O/c1-4-7-12(2,3)13-8-10-14-9-5-6-11(14)15/h13H,4-10H2,1-3H3. The maximum Gasteiger partial charge on any atom is 0.222 e. The molecule has 0 saturated carbocycles. The first-order chi connectivity index (χ1) is 7.05. The maximum atomic E-state index is 11.4. The zero-order valence-corrected chi connectivity index (χ0v) is 10.3. The number of carbonyl (C=O) groups is 1. The van der Waals surface area contributed by atoms with Gasteiger partial charge in [0, 0.05) is 31.6 Å². The van der Waals surface area contributed by atoms with Crippen molar-refractivity contribution in [2.24, 2.45) is 0 Å². The van der Waals surface area contributed by atoms with Gasteiger partial charge in [-0.1, -0.05) is 13.3 Å². The minimum atomic E-state index is 0.206. The zero-order chi connectivity index (χ0) is 11.3. The molecule has 1 aliphatic rings. The Morgan fingerprint density at radius 2 is 2.20 bits per heavy atom. The van der Waals surface area contributed by atoms with Gasteiger partial charge >= 0.3 is 0 Å². The lowest BCUT2D eigenvalue weighted by molar-refractivity contribution is -0.127. The summed E-state index contributed by atoms with van der Waals surface area (Å²) in [5.74, 6) is 0.324. The molecule has 1 fully saturated rings. The molecule has 0 bridgehead atoms. The highest BCUT2D eigenvalue weighted by Crippen LogP contribution is 2.11. The minimum Gasteiger partial charge on any atom is -0.341 e. The number of amides is 1. The summed E-state index contributed by atoms with van der Waals surface area (Å²) in [6.45, 7) is 9.39. The Kier molecular flexibility index (Phi) is 4.58. The molecule has 0 aliphatic carbocycles. The van der Waals surface area contributed by atoms with Crippen LogP contribution in [0.5, 0.6) is 0 Å². The van der Waals surface area contributed by atoms with Gasteiger partial charge in [0.1, 0.15) is 0 Å². The van der Waals surface area contributed by atoms with Crippen molar-refractivity contribution in [2.75, 3.05) is 19.6 Å². The normalized spacial score (nSPS) is 17.5. The largest absolute Gasteiger partial charge is 0.341 e. The lowest BCUT2D eigenvalue weighted by atomic mass is 9.99. The van der Waals surface area contributed by atoms with Crippen LogP contribution in [0.3, 0.4) is 0 Å². The second-order valence-corrected chi connectivity index (χ2v) is 5.05. The lowest BCUT2D eigenvalue weighted by Crippen LogP contribution is -2.43. The van der Waals surface area contributed by atoms with Crippen LogP contribution in [0, 0.1) is 0 Å². The van der Waals surface area contributed by atoms with Crippen LogP contribution in [0.15, 0.2) is 0 Å². The third-order valence-electron chi connectivity index (χ3n) is 3.03. The van der Waals surface area contributed by atoms with Gasteiger partial charge in [-0.25, -0.2) is 0 Å². The monoisotopic (exact) mass is 212 g/mol. The highest BCUT2D eigenvalue weighted by atomic mass is 16.2. The van der Waals surface area contributed by atoms with Crippen molar-refractivity contribution < 1.29 is 4.79 Å². The SMILES string of the molecule is CCCC(C)(C)NCCN1CCCC1=O. The fourth-order valence-corrected chi connectivity index (χ4v) is 2.18. The molecule has 0 aromatic heterocycles. The number of hydrogen-bond acceptors (Lipinski definition) is 2. The number of nitrogens with one attached hydrogen (secondary N) is 1. The van der Waals surface area contributed by atoms with E-state index in [1.165, 1.54) is 12.8 Å². The van der Waals surface area contributed by atoms with E-state index in [0.29, 0.717) is 5.91 Å². The third kappa shape index (κ3) is 4.20. The molecule has 1 aliphatic heterocycles. The summed E-state index contributed by atoms with van der Waals surface area (Å²) in [7, 11) is 0. The van der Waals surface area contributed by atoms with Crippen molar-refractivity contribution in [1.82, 2.24) is 10.2 Å². The average molecular weight is 212 g/mol. The second kappa shape index (κ2) is 5.50. The zero-order valence-electron chi connectivity index (χ0n) is 10.3. The van der Waals surface area contributed by atoms with Crippen LogP contribution in [0.4, 0.5) is 0 Å². The van der Waals surface area contributed by atoms with Gasteiger partial charge in [-0.15, -0.1) is 0 Å². The highest BCUT2D eigenvalue weighted by Gasteiger charge is 2.21. The Hall–Kier alpha value is -0.570. The quantitative estimate of drug-likeness (QED) is 0.728. The smallest absolute Gasteiger partial charge is 0.222 e. The van der Waals surface area contributed by atoms with Gasteiger partial charge in [-0.3, -0.25) is 4.79 Å². The van der Waals surface area contributed by atoms with Gasteiger partial charge < -0.3 is 10.2 Å². The van der Waals surface area contributed by atoms with E-state index >= 15 is 0 Å². The topological polar surface area (TPSA) is 32.3 Å². The minimum absolute atomic E-state index is 0.206. The first-order valence-corrected chi connectivity index (χ1v) is 6.08. The predicted molar refractivity (Wildman–Crippen MR) is 62.8 cm³/mol. The predicted octanol–water partition coefficient (Wildman–Crippen LogP) is 1.78. The first kappa shape index (κ1) is 12.5. The van der Waals surface area contributed by atoms with Crippen LogP contribution >= 0.6 is 0 Å². The van der Waals surface area contributed by atoms with Crippen molar-refractivity contribution in [3.8, 4) is 0 Å². The van der Waals surface area contributed by atoms with Crippen molar-refractivity contribution in [3.63, 3.8) is 0 Å². The van der Waals surface area contributed by atoms with E-state index in [9.17, 15) is 4.79 Å². The molecule has 1 heterocycles. The Morgan fingerprint density at radius 3 is 2.73 bits per heavy atom. The summed E-state index contributed by atoms with van der Waals surface area (Å²) in [6, 6.07) is 0. The van der Waals surface area contributed by atoms with Crippen LogP contribution in [0.1, 0.15) is 46.5 Å². The molecule has 0 unspecified atom stereocenters. The Bertz CT molecular complexity index is 214. The lowest BCUT2D eigenvalue weighted by Gasteiger charge is -2.27. The molecule has 3 nitrogen and oxygen atoms in total. The molecular formula is C12H24N2O. The van der Waals surface area contributed by atoms with E-state index < -0.39 is 0 Å². The van der Waals surface area contributed by atoms with Gasteiger partial charge in [0.25, 0.3) is 0 Å². The van der Waals surface area contributed by atoms with E-state index in [0.717, 1.165) is 32.5 Å². The molecule has 15 heavy (non-hydrogen) atoms. The second-order valence-electron chi connectivity index (χ2n) is 5.05. The fourth-order valence-electron chi connectivity index (χ4n) is 2.18. The van der Waals surface area contributed by atoms with Gasteiger partial charge in [0.2, 0.25) is 5.91 Å². The molecule has 0 radical (unpaired) electrons. The molecule has 88 valence electrons. The van der Waals surface area contributed by atoms with E-state index in [1.807, 2.05) is 4.90 Å². The van der Waals surface area contributed by atoms with E-state index in [2.05, 4.69) is 26.1 Å². The Morgan fingerprint density at radius 1 is 1.47 bits per heavy atom. The number of carbonyl (C=O) groups excluding carboxylic acids is 1. The summed E-state index contributed by atoms with van der Waals surface area (Å²) in [6.07, 6.45) is 4.17. The van der Waals surface area contributed by atoms with Crippen LogP contribution in [-0.2, 0) is 4.79 Å². The van der Waals surface area contributed by atoms with Crippen molar-refractivity contribution in [1.29, 1.82) is 0 Å². The molecule has 0 atom stereocenters. The molecule has 1 rings (SSSR count). The van der Waals surface area contributed by atoms with Gasteiger partial charge in [-0.2, -0.15) is 0 Å². The van der Waals surface area contributed by atoms with E-state index in [-0.39, 0.29) is 5.54 Å². The summed E-state index contributed by atoms with van der Waals surface area (Å²) in [4.78, 5) is 13.3. The molecule has 3 heteroatoms. The van der Waals surface area contributed by atoms with Crippen LogP contribution < -0.4 is 5.32 Å². The van der Waals surface area contributed by atoms with Gasteiger partial charge in [0.05, 0.1) is 0 Å². The van der Waals surface area contributed by atoms with Crippen molar-refractivity contribution >= 4 is 5.91 Å². The van der Waals surface area contributed by atoms with Crippen LogP contribution in [0.2, 0.25) is 0 Å². The molecule has 0 aromatic rings. The number of likely N-dealkylation sites (tertiary alicyclic amines) is 1. The first-order valence-electron chi connectivity index (χ1n) is 6.08. The maximum absolute atomic E-state index is 11.4. The van der Waals surface area contributed by atoms with E-state index in [4.69, 9.17) is 0 Å². The van der Waals surface area contributed by atoms with Crippen LogP contribution in [-0.4, -0.2) is 36.0 Å². The number of hydrogen-bond donors (Lipinski definition) is 1. The van der Waals surface area contributed by atoms with Gasteiger partial charge in [0.15, 0.2) is 0 Å². The molecule has 1 saturated heterocycles. The third-order valence-corrected chi connectivity index (χ3v) is 3.03. The van der Waals surface area contributed by atoms with E-state index in [1.54, 1.807) is 0 Å². The van der Waals surface area contributed by atoms with Crippen molar-refractivity contribution in [2.45, 2.75) is 52.0 Å². The molecule has 1 N–H and O–H groups in total. The summed E-state index contributed by atoms with van der Waals surface area (Å²) in [5, 5.41) is 3.51. The summed E-state index contributed by atoms with van der Waals surface area (Å²) < 4.78 is 0. The number of nitrogens with zero attached hydrogens (tertiary/aromatic N) is 1. The Labute approximate surface area is 93.2 Å². The summed E-state index contributed by atoms with van der Waals surface area (Å²) >= 11 is 0. The highest BCUT2D eigenvalue weighted by molar-refractivity contribution is 5.78. The molecule has 1 amide bonds. The Balaban J connectivity index is 2.17. The number of rotatable bonds is 6. The van der Waals surface area contributed by atoms with Crippen molar-refractivity contribution in [3.05, 3.63) is 0 Å². The summed E-state index contributed by atoms with van der Waals surface area (Å²) in [5.41, 5.74) is 0.206. The van der Waals surface area contributed by atoms with Gasteiger partial charge in [-0.05, 0) is 26.7 Å². The molecule has 0 aromatic carbocycles. The average Bonchev–Trinajstić information content (AvgIpc) is 2.51. The fraction of sp³-hybridized carbons (Fsp3) is 0.917. The molecule has 0 spiro atoms.